The van der Waals surface area contributed by atoms with Crippen molar-refractivity contribution >= 4 is 11.9 Å². The van der Waals surface area contributed by atoms with Crippen LogP contribution in [0.2, 0.25) is 0 Å². The number of carbonyl (C=O) groups excluding carboxylic acids is 1. The van der Waals surface area contributed by atoms with Crippen LogP contribution in [0, 0.1) is 0 Å². The third-order valence-corrected chi connectivity index (χ3v) is 2.05. The summed E-state index contributed by atoms with van der Waals surface area (Å²) in [7, 11) is 0. The highest BCUT2D eigenvalue weighted by Gasteiger charge is 2.26. The first kappa shape index (κ1) is 12.2. The fourth-order valence-electron chi connectivity index (χ4n) is 1.39. The van der Waals surface area contributed by atoms with E-state index >= 15 is 0 Å². The predicted octanol–water partition coefficient (Wildman–Crippen LogP) is 2.73. The van der Waals surface area contributed by atoms with Gasteiger partial charge in [0.1, 0.15) is 5.60 Å². The van der Waals surface area contributed by atoms with E-state index in [2.05, 4.69) is 4.74 Å². The first-order chi connectivity index (χ1) is 7.41. The second-order valence-corrected chi connectivity index (χ2v) is 4.09. The zero-order chi connectivity index (χ0) is 12.2. The number of rotatable bonds is 4. The largest absolute Gasteiger partial charge is 0.506 e. The highest BCUT2D eigenvalue weighted by molar-refractivity contribution is 5.96. The van der Waals surface area contributed by atoms with Crippen LogP contribution in [0.15, 0.2) is 30.3 Å². The van der Waals surface area contributed by atoms with Crippen molar-refractivity contribution in [3.05, 3.63) is 35.9 Å². The van der Waals surface area contributed by atoms with Crippen molar-refractivity contribution in [1.29, 1.82) is 0 Å². The molecule has 0 atom stereocenters. The molecule has 86 valence electrons. The molecule has 0 spiro atoms. The van der Waals surface area contributed by atoms with Gasteiger partial charge in [-0.05, 0) is 13.8 Å². The molecule has 0 unspecified atom stereocenters. The van der Waals surface area contributed by atoms with E-state index in [9.17, 15) is 9.59 Å². The number of Topliss-reactive ketones (excluding diaryl/α,β-unsaturated/α-hetero) is 1. The quantitative estimate of drug-likeness (QED) is 0.628. The Balaban J connectivity index is 2.68. The Morgan fingerprint density at radius 3 is 2.31 bits per heavy atom. The lowest BCUT2D eigenvalue weighted by atomic mass is 9.97. The molecule has 0 aliphatic rings. The van der Waals surface area contributed by atoms with Gasteiger partial charge in [-0.3, -0.25) is 4.79 Å². The van der Waals surface area contributed by atoms with Crippen molar-refractivity contribution in [2.24, 2.45) is 0 Å². The molecule has 0 aliphatic heterocycles. The fraction of sp³-hybridized carbons (Fsp3) is 0.333. The Morgan fingerprint density at radius 2 is 1.81 bits per heavy atom. The maximum atomic E-state index is 11.8. The summed E-state index contributed by atoms with van der Waals surface area (Å²) in [5.74, 6) is -0.133. The van der Waals surface area contributed by atoms with E-state index in [1.807, 2.05) is 6.07 Å². The number of ketones is 1. The minimum Gasteiger partial charge on any atom is -0.450 e. The number of hydrogen-bond acceptors (Lipinski definition) is 3. The first-order valence-corrected chi connectivity index (χ1v) is 4.91. The molecule has 0 radical (unpaired) electrons. The van der Waals surface area contributed by atoms with Gasteiger partial charge in [-0.1, -0.05) is 30.3 Å². The average molecular weight is 222 g/mol. The molecule has 0 heterocycles. The van der Waals surface area contributed by atoms with Gasteiger partial charge in [0.15, 0.2) is 5.78 Å². The lowest BCUT2D eigenvalue weighted by molar-refractivity contribution is 0.00189. The maximum Gasteiger partial charge on any atom is 0.506 e. The standard InChI is InChI=1S/C12H14O4/c1-12(2,16-11(14)15)8-10(13)9-6-4-3-5-7-9/h3-7H,8H2,1-2H3,(H,14,15). The molecule has 0 bridgehead atoms. The van der Waals surface area contributed by atoms with E-state index in [4.69, 9.17) is 5.11 Å². The van der Waals surface area contributed by atoms with E-state index in [1.165, 1.54) is 0 Å². The summed E-state index contributed by atoms with van der Waals surface area (Å²) >= 11 is 0. The molecule has 0 saturated heterocycles. The van der Waals surface area contributed by atoms with Crippen molar-refractivity contribution in [3.63, 3.8) is 0 Å². The molecule has 1 rings (SSSR count). The summed E-state index contributed by atoms with van der Waals surface area (Å²) in [5.41, 5.74) is -0.441. The van der Waals surface area contributed by atoms with Gasteiger partial charge < -0.3 is 9.84 Å². The summed E-state index contributed by atoms with van der Waals surface area (Å²) in [6, 6.07) is 8.73. The molecule has 1 aromatic carbocycles. The number of carboxylic acid groups (broad SMARTS) is 1. The predicted molar refractivity (Wildman–Crippen MR) is 58.6 cm³/mol. The monoisotopic (exact) mass is 222 g/mol. The zero-order valence-electron chi connectivity index (χ0n) is 9.27. The topological polar surface area (TPSA) is 63.6 Å². The Morgan fingerprint density at radius 1 is 1.25 bits per heavy atom. The van der Waals surface area contributed by atoms with Crippen molar-refractivity contribution in [2.45, 2.75) is 25.9 Å². The van der Waals surface area contributed by atoms with E-state index < -0.39 is 11.8 Å². The average Bonchev–Trinajstić information content (AvgIpc) is 2.16. The number of hydrogen-bond donors (Lipinski definition) is 1. The zero-order valence-corrected chi connectivity index (χ0v) is 9.27. The number of carbonyl (C=O) groups is 2. The summed E-state index contributed by atoms with van der Waals surface area (Å²) in [5, 5.41) is 8.50. The second-order valence-electron chi connectivity index (χ2n) is 4.09. The van der Waals surface area contributed by atoms with Gasteiger partial charge in [-0.15, -0.1) is 0 Å². The van der Waals surface area contributed by atoms with Gasteiger partial charge >= 0.3 is 6.16 Å². The molecule has 1 N–H and O–H groups in total. The van der Waals surface area contributed by atoms with E-state index in [0.717, 1.165) is 0 Å². The van der Waals surface area contributed by atoms with E-state index in [0.29, 0.717) is 5.56 Å². The normalized spacial score (nSPS) is 10.9. The Kier molecular flexibility index (Phi) is 3.66. The third kappa shape index (κ3) is 3.73. The van der Waals surface area contributed by atoms with Crippen LogP contribution < -0.4 is 0 Å². The second kappa shape index (κ2) is 4.79. The van der Waals surface area contributed by atoms with Crippen LogP contribution in [0.5, 0.6) is 0 Å². The van der Waals surface area contributed by atoms with Crippen LogP contribution in [0.1, 0.15) is 30.6 Å². The Hall–Kier alpha value is -1.84. The molecular formula is C12H14O4. The lowest BCUT2D eigenvalue weighted by Gasteiger charge is -2.22. The molecule has 16 heavy (non-hydrogen) atoms. The van der Waals surface area contributed by atoms with Crippen LogP contribution in [-0.2, 0) is 4.74 Å². The Bertz CT molecular complexity index is 381. The minimum absolute atomic E-state index is 0.0311. The summed E-state index contributed by atoms with van der Waals surface area (Å²) in [6.07, 6.45) is -1.34. The molecule has 0 fully saturated rings. The van der Waals surface area contributed by atoms with Crippen LogP contribution in [0.3, 0.4) is 0 Å². The van der Waals surface area contributed by atoms with Crippen molar-refractivity contribution < 1.29 is 19.4 Å². The SMILES string of the molecule is CC(C)(CC(=O)c1ccccc1)OC(=O)O. The highest BCUT2D eigenvalue weighted by Crippen LogP contribution is 2.18. The molecular weight excluding hydrogens is 208 g/mol. The summed E-state index contributed by atoms with van der Waals surface area (Å²) in [6.45, 7) is 3.14. The third-order valence-electron chi connectivity index (χ3n) is 2.05. The molecule has 0 aliphatic carbocycles. The molecule has 0 saturated carbocycles. The van der Waals surface area contributed by atoms with Crippen LogP contribution in [0.4, 0.5) is 4.79 Å². The van der Waals surface area contributed by atoms with Gasteiger partial charge in [-0.2, -0.15) is 0 Å². The first-order valence-electron chi connectivity index (χ1n) is 4.91. The molecule has 0 aromatic heterocycles. The van der Waals surface area contributed by atoms with Crippen molar-refractivity contribution in [2.75, 3.05) is 0 Å². The fourth-order valence-corrected chi connectivity index (χ4v) is 1.39. The van der Waals surface area contributed by atoms with Crippen molar-refractivity contribution in [3.8, 4) is 0 Å². The Labute approximate surface area is 93.9 Å². The van der Waals surface area contributed by atoms with E-state index in [-0.39, 0.29) is 12.2 Å². The maximum absolute atomic E-state index is 11.8. The van der Waals surface area contributed by atoms with Gasteiger partial charge in [0, 0.05) is 5.56 Å². The molecule has 4 heteroatoms. The summed E-state index contributed by atoms with van der Waals surface area (Å²) < 4.78 is 4.63. The molecule has 1 aromatic rings. The number of benzene rings is 1. The van der Waals surface area contributed by atoms with Gasteiger partial charge in [0.05, 0.1) is 6.42 Å². The highest BCUT2D eigenvalue weighted by atomic mass is 16.7. The van der Waals surface area contributed by atoms with Gasteiger partial charge in [0.2, 0.25) is 0 Å². The smallest absolute Gasteiger partial charge is 0.450 e. The van der Waals surface area contributed by atoms with Gasteiger partial charge in [-0.25, -0.2) is 4.79 Å². The van der Waals surface area contributed by atoms with Crippen LogP contribution in [-0.4, -0.2) is 22.6 Å². The van der Waals surface area contributed by atoms with Crippen LogP contribution in [0.25, 0.3) is 0 Å². The molecule has 0 amide bonds. The molecule has 4 nitrogen and oxygen atoms in total. The van der Waals surface area contributed by atoms with Crippen LogP contribution >= 0.6 is 0 Å². The summed E-state index contributed by atoms with van der Waals surface area (Å²) in [4.78, 5) is 22.2. The number of ether oxygens (including phenoxy) is 1. The van der Waals surface area contributed by atoms with Gasteiger partial charge in [0.25, 0.3) is 0 Å². The van der Waals surface area contributed by atoms with E-state index in [1.54, 1.807) is 38.1 Å². The lowest BCUT2D eigenvalue weighted by Crippen LogP contribution is -2.30. The van der Waals surface area contributed by atoms with Crippen molar-refractivity contribution in [1.82, 2.24) is 0 Å². The minimum atomic E-state index is -1.37.